The van der Waals surface area contributed by atoms with E-state index in [4.69, 9.17) is 5.73 Å². The quantitative estimate of drug-likeness (QED) is 0.681. The number of nitrogens with two attached hydrogens (primary N) is 1. The number of benzene rings is 1. The van der Waals surface area contributed by atoms with Crippen molar-refractivity contribution in [3.05, 3.63) is 35.1 Å². The highest BCUT2D eigenvalue weighted by molar-refractivity contribution is 5.78. The Morgan fingerprint density at radius 2 is 1.79 bits per heavy atom. The maximum atomic E-state index is 13.5. The highest BCUT2D eigenvalue weighted by Gasteiger charge is 2.49. The van der Waals surface area contributed by atoms with Crippen molar-refractivity contribution in [2.24, 2.45) is 5.73 Å². The number of ether oxygens (including phenoxy) is 1. The molecule has 0 fully saturated rings. The maximum Gasteiger partial charge on any atom is 0.379 e. The fourth-order valence-corrected chi connectivity index (χ4v) is 1.39. The summed E-state index contributed by atoms with van der Waals surface area (Å²) in [6.45, 7) is 0.925. The van der Waals surface area contributed by atoms with E-state index in [0.29, 0.717) is 0 Å². The van der Waals surface area contributed by atoms with Crippen LogP contribution in [0.5, 0.6) is 0 Å². The Bertz CT molecular complexity index is 469. The molecule has 0 spiro atoms. The molecule has 106 valence electrons. The monoisotopic (exact) mass is 283 g/mol. The van der Waals surface area contributed by atoms with Crippen molar-refractivity contribution < 1.29 is 31.5 Å². The minimum atomic E-state index is -4.34. The zero-order valence-electron chi connectivity index (χ0n) is 9.72. The Morgan fingerprint density at radius 1 is 1.32 bits per heavy atom. The first kappa shape index (κ1) is 15.4. The molecule has 0 aromatic heterocycles. The Hall–Kier alpha value is -1.70. The zero-order valence-corrected chi connectivity index (χ0v) is 9.72. The molecule has 0 heterocycles. The molecule has 0 aliphatic carbocycles. The van der Waals surface area contributed by atoms with Crippen LogP contribution in [-0.2, 0) is 9.53 Å². The van der Waals surface area contributed by atoms with Crippen molar-refractivity contribution in [2.45, 2.75) is 18.9 Å². The fourth-order valence-electron chi connectivity index (χ4n) is 1.39. The number of alkyl halides is 2. The van der Waals surface area contributed by atoms with E-state index in [1.165, 1.54) is 6.92 Å². The molecule has 0 saturated carbocycles. The lowest BCUT2D eigenvalue weighted by molar-refractivity contribution is -0.175. The van der Waals surface area contributed by atoms with E-state index in [-0.39, 0.29) is 18.7 Å². The van der Waals surface area contributed by atoms with E-state index in [0.717, 1.165) is 0 Å². The van der Waals surface area contributed by atoms with E-state index in [1.54, 1.807) is 0 Å². The first-order chi connectivity index (χ1) is 8.71. The molecule has 0 saturated heterocycles. The molecule has 1 aromatic carbocycles. The third-order valence-electron chi connectivity index (χ3n) is 2.29. The summed E-state index contributed by atoms with van der Waals surface area (Å²) in [6.07, 6.45) is 0. The number of hydrogen-bond donors (Lipinski definition) is 1. The summed E-state index contributed by atoms with van der Waals surface area (Å²) in [6, 6.07) is -2.23. The Balaban J connectivity index is 3.19. The lowest BCUT2D eigenvalue weighted by atomic mass is 10.00. The molecule has 1 atom stereocenters. The second-order valence-electron chi connectivity index (χ2n) is 3.60. The summed E-state index contributed by atoms with van der Waals surface area (Å²) in [5, 5.41) is 0. The van der Waals surface area contributed by atoms with Gasteiger partial charge in [-0.05, 0) is 6.92 Å². The predicted octanol–water partition coefficient (Wildman–Crippen LogP) is 2.30. The highest BCUT2D eigenvalue weighted by Crippen LogP contribution is 2.33. The van der Waals surface area contributed by atoms with E-state index < -0.39 is 40.9 Å². The van der Waals surface area contributed by atoms with Crippen LogP contribution in [0.3, 0.4) is 0 Å². The van der Waals surface area contributed by atoms with Gasteiger partial charge < -0.3 is 10.5 Å². The molecule has 1 rings (SSSR count). The summed E-state index contributed by atoms with van der Waals surface area (Å²) >= 11 is 0. The number of halogens is 5. The predicted molar refractivity (Wildman–Crippen MR) is 54.8 cm³/mol. The van der Waals surface area contributed by atoms with E-state index in [2.05, 4.69) is 4.74 Å². The molecule has 0 bridgehead atoms. The van der Waals surface area contributed by atoms with Crippen LogP contribution in [0.15, 0.2) is 12.1 Å². The van der Waals surface area contributed by atoms with Gasteiger partial charge in [-0.3, -0.25) is 0 Å². The van der Waals surface area contributed by atoms with Crippen LogP contribution in [-0.4, -0.2) is 18.5 Å². The molecule has 0 aliphatic rings. The van der Waals surface area contributed by atoms with Gasteiger partial charge in [-0.25, -0.2) is 18.0 Å². The summed E-state index contributed by atoms with van der Waals surface area (Å²) in [5.74, 6) is -10.8. The van der Waals surface area contributed by atoms with Crippen molar-refractivity contribution in [3.8, 4) is 0 Å². The van der Waals surface area contributed by atoms with Crippen molar-refractivity contribution in [3.63, 3.8) is 0 Å². The number of esters is 1. The van der Waals surface area contributed by atoms with Crippen LogP contribution in [0.2, 0.25) is 0 Å². The second kappa shape index (κ2) is 5.52. The molecule has 3 nitrogen and oxygen atoms in total. The van der Waals surface area contributed by atoms with E-state index in [9.17, 15) is 26.7 Å². The largest absolute Gasteiger partial charge is 0.462 e. The minimum Gasteiger partial charge on any atom is -0.462 e. The third-order valence-corrected chi connectivity index (χ3v) is 2.29. The Morgan fingerprint density at radius 3 is 2.21 bits per heavy atom. The summed E-state index contributed by atoms with van der Waals surface area (Å²) < 4.78 is 70.3. The number of carbonyl (C=O) groups is 1. The van der Waals surface area contributed by atoms with Crippen molar-refractivity contribution >= 4 is 5.97 Å². The SMILES string of the molecule is CCOC(=O)C(F)(F)[C@H](N)c1c(F)cc(F)cc1F. The summed E-state index contributed by atoms with van der Waals surface area (Å²) in [7, 11) is 0. The van der Waals surface area contributed by atoms with Gasteiger partial charge in [0.2, 0.25) is 0 Å². The molecular weight excluding hydrogens is 273 g/mol. The van der Waals surface area contributed by atoms with Crippen LogP contribution in [0.4, 0.5) is 22.0 Å². The molecule has 19 heavy (non-hydrogen) atoms. The lowest BCUT2D eigenvalue weighted by Crippen LogP contribution is -2.42. The lowest BCUT2D eigenvalue weighted by Gasteiger charge is -2.22. The zero-order chi connectivity index (χ0) is 14.8. The summed E-state index contributed by atoms with van der Waals surface area (Å²) in [4.78, 5) is 11.0. The van der Waals surface area contributed by atoms with Gasteiger partial charge >= 0.3 is 11.9 Å². The average Bonchev–Trinajstić information content (AvgIpc) is 2.27. The van der Waals surface area contributed by atoms with Crippen LogP contribution in [0, 0.1) is 17.5 Å². The molecular formula is C11H10F5NO2. The molecule has 0 aliphatic heterocycles. The van der Waals surface area contributed by atoms with Gasteiger partial charge in [-0.15, -0.1) is 0 Å². The average molecular weight is 283 g/mol. The molecule has 0 radical (unpaired) electrons. The normalized spacial score (nSPS) is 13.2. The van der Waals surface area contributed by atoms with Crippen molar-refractivity contribution in [1.29, 1.82) is 0 Å². The third kappa shape index (κ3) is 3.01. The van der Waals surface area contributed by atoms with Crippen LogP contribution in [0.1, 0.15) is 18.5 Å². The van der Waals surface area contributed by atoms with Crippen molar-refractivity contribution in [1.82, 2.24) is 0 Å². The van der Waals surface area contributed by atoms with Gasteiger partial charge in [-0.2, -0.15) is 8.78 Å². The first-order valence-corrected chi connectivity index (χ1v) is 5.16. The first-order valence-electron chi connectivity index (χ1n) is 5.16. The molecule has 8 heteroatoms. The van der Waals surface area contributed by atoms with Gasteiger partial charge in [0.1, 0.15) is 23.5 Å². The van der Waals surface area contributed by atoms with Gasteiger partial charge in [0.05, 0.1) is 6.61 Å². The number of hydrogen-bond acceptors (Lipinski definition) is 3. The fraction of sp³-hybridized carbons (Fsp3) is 0.364. The van der Waals surface area contributed by atoms with Gasteiger partial charge in [0.15, 0.2) is 0 Å². The molecule has 0 amide bonds. The number of rotatable bonds is 4. The van der Waals surface area contributed by atoms with Crippen LogP contribution >= 0.6 is 0 Å². The molecule has 2 N–H and O–H groups in total. The van der Waals surface area contributed by atoms with E-state index in [1.807, 2.05) is 0 Å². The number of carbonyl (C=O) groups excluding carboxylic acids is 1. The molecule has 1 aromatic rings. The van der Waals surface area contributed by atoms with Gasteiger partial charge in [0.25, 0.3) is 0 Å². The Labute approximate surface area is 105 Å². The minimum absolute atomic E-state index is 0.194. The van der Waals surface area contributed by atoms with E-state index >= 15 is 0 Å². The standard InChI is InChI=1S/C11H10F5NO2/c1-2-19-10(18)11(15,16)9(17)8-6(13)3-5(12)4-7(8)14/h3-4,9H,2,17H2,1H3/t9-/m1/s1. The topological polar surface area (TPSA) is 52.3 Å². The maximum absolute atomic E-state index is 13.5. The molecule has 0 unspecified atom stereocenters. The Kier molecular flexibility index (Phi) is 4.46. The highest BCUT2D eigenvalue weighted by atomic mass is 19.3. The van der Waals surface area contributed by atoms with Gasteiger partial charge in [-0.1, -0.05) is 0 Å². The summed E-state index contributed by atoms with van der Waals surface area (Å²) in [5.41, 5.74) is 3.72. The van der Waals surface area contributed by atoms with Crippen molar-refractivity contribution in [2.75, 3.05) is 6.61 Å². The van der Waals surface area contributed by atoms with Crippen LogP contribution < -0.4 is 5.73 Å². The second-order valence-corrected chi connectivity index (χ2v) is 3.60. The van der Waals surface area contributed by atoms with Gasteiger partial charge in [0, 0.05) is 17.7 Å². The van der Waals surface area contributed by atoms with Crippen LogP contribution in [0.25, 0.3) is 0 Å². The smallest absolute Gasteiger partial charge is 0.379 e.